The van der Waals surface area contributed by atoms with Gasteiger partial charge in [0.1, 0.15) is 0 Å². The fraction of sp³-hybridized carbons (Fsp3) is 1.00. The van der Waals surface area contributed by atoms with Crippen LogP contribution in [0.2, 0.25) is 0 Å². The zero-order chi connectivity index (χ0) is 13.8. The molecule has 0 aliphatic carbocycles. The topological polar surface area (TPSA) is 27.7 Å². The van der Waals surface area contributed by atoms with Gasteiger partial charge in [0.15, 0.2) is 0 Å². The molecule has 0 saturated carbocycles. The number of likely N-dealkylation sites (N-methyl/N-ethyl adjacent to an activating group) is 1. The first-order valence-corrected chi connectivity index (χ1v) is 7.87. The molecule has 112 valence electrons. The molecule has 0 aromatic carbocycles. The third-order valence-electron chi connectivity index (χ3n) is 4.87. The zero-order valence-corrected chi connectivity index (χ0v) is 13.1. The molecular weight excluding hydrogens is 238 g/mol. The lowest BCUT2D eigenvalue weighted by molar-refractivity contribution is -0.00499. The minimum atomic E-state index is 0.643. The highest BCUT2D eigenvalue weighted by Crippen LogP contribution is 2.20. The quantitative estimate of drug-likeness (QED) is 0.825. The van der Waals surface area contributed by atoms with Gasteiger partial charge in [0, 0.05) is 50.3 Å². The molecule has 0 aromatic rings. The van der Waals surface area contributed by atoms with E-state index in [9.17, 15) is 0 Å². The summed E-state index contributed by atoms with van der Waals surface area (Å²) in [4.78, 5) is 5.13. The van der Waals surface area contributed by atoms with Crippen LogP contribution in [0.1, 0.15) is 27.2 Å². The van der Waals surface area contributed by atoms with E-state index >= 15 is 0 Å². The van der Waals surface area contributed by atoms with Crippen LogP contribution in [0, 0.1) is 5.92 Å². The molecule has 2 saturated heterocycles. The number of nitrogens with zero attached hydrogens (tertiary/aromatic N) is 2. The fourth-order valence-electron chi connectivity index (χ4n) is 3.50. The first-order valence-electron chi connectivity index (χ1n) is 7.87. The van der Waals surface area contributed by atoms with Gasteiger partial charge in [-0.3, -0.25) is 9.80 Å². The van der Waals surface area contributed by atoms with E-state index in [1.165, 1.54) is 19.6 Å². The molecular formula is C15H31N3O. The van der Waals surface area contributed by atoms with Gasteiger partial charge in [-0.25, -0.2) is 0 Å². The lowest BCUT2D eigenvalue weighted by Gasteiger charge is -2.45. The van der Waals surface area contributed by atoms with Gasteiger partial charge in [-0.05, 0) is 33.9 Å². The number of hydrogen-bond acceptors (Lipinski definition) is 4. The Morgan fingerprint density at radius 3 is 2.53 bits per heavy atom. The normalized spacial score (nSPS) is 38.5. The van der Waals surface area contributed by atoms with Crippen molar-refractivity contribution in [3.05, 3.63) is 0 Å². The van der Waals surface area contributed by atoms with Crippen LogP contribution in [0.4, 0.5) is 0 Å². The van der Waals surface area contributed by atoms with E-state index in [2.05, 4.69) is 42.9 Å². The van der Waals surface area contributed by atoms with Crippen molar-refractivity contribution in [1.29, 1.82) is 0 Å². The molecule has 0 amide bonds. The molecule has 0 spiro atoms. The van der Waals surface area contributed by atoms with Crippen LogP contribution in [0.25, 0.3) is 0 Å². The van der Waals surface area contributed by atoms with Crippen LogP contribution >= 0.6 is 0 Å². The van der Waals surface area contributed by atoms with Gasteiger partial charge in [-0.15, -0.1) is 0 Å². The fourth-order valence-corrected chi connectivity index (χ4v) is 3.50. The van der Waals surface area contributed by atoms with Gasteiger partial charge >= 0.3 is 0 Å². The Kier molecular flexibility index (Phi) is 5.63. The summed E-state index contributed by atoms with van der Waals surface area (Å²) < 4.78 is 5.70. The van der Waals surface area contributed by atoms with Crippen LogP contribution in [-0.4, -0.2) is 74.4 Å². The summed E-state index contributed by atoms with van der Waals surface area (Å²) in [5.41, 5.74) is 0. The molecule has 2 aliphatic rings. The zero-order valence-electron chi connectivity index (χ0n) is 13.1. The molecule has 4 heteroatoms. The van der Waals surface area contributed by atoms with Crippen LogP contribution in [0.15, 0.2) is 0 Å². The van der Waals surface area contributed by atoms with Crippen molar-refractivity contribution in [2.24, 2.45) is 5.92 Å². The first kappa shape index (κ1) is 15.2. The maximum Gasteiger partial charge on any atom is 0.0521 e. The second kappa shape index (κ2) is 7.02. The summed E-state index contributed by atoms with van der Waals surface area (Å²) in [5, 5.41) is 3.64. The Morgan fingerprint density at radius 1 is 1.21 bits per heavy atom. The standard InChI is InChI=1S/C15H31N3O/c1-5-16-15-6-7-19-11-14(15)10-18-8-12(2)17(4)13(3)9-18/h12-16H,5-11H2,1-4H3. The largest absolute Gasteiger partial charge is 0.381 e. The Morgan fingerprint density at radius 2 is 1.89 bits per heavy atom. The SMILES string of the molecule is CCNC1CCOCC1CN1CC(C)N(C)C(C)C1. The van der Waals surface area contributed by atoms with E-state index in [4.69, 9.17) is 4.74 Å². The van der Waals surface area contributed by atoms with Crippen molar-refractivity contribution in [2.75, 3.05) is 46.4 Å². The Labute approximate surface area is 118 Å². The van der Waals surface area contributed by atoms with E-state index < -0.39 is 0 Å². The minimum Gasteiger partial charge on any atom is -0.381 e. The molecule has 2 fully saturated rings. The Hall–Kier alpha value is -0.160. The highest BCUT2D eigenvalue weighted by atomic mass is 16.5. The molecule has 0 bridgehead atoms. The van der Waals surface area contributed by atoms with Crippen molar-refractivity contribution >= 4 is 0 Å². The third kappa shape index (κ3) is 3.91. The molecule has 0 aromatic heterocycles. The van der Waals surface area contributed by atoms with Crippen LogP contribution in [-0.2, 0) is 4.74 Å². The second-order valence-corrected chi connectivity index (χ2v) is 6.37. The maximum absolute atomic E-state index is 5.70. The van der Waals surface area contributed by atoms with Gasteiger partial charge in [-0.1, -0.05) is 6.92 Å². The highest BCUT2D eigenvalue weighted by molar-refractivity contribution is 4.87. The van der Waals surface area contributed by atoms with Crippen LogP contribution in [0.3, 0.4) is 0 Å². The van der Waals surface area contributed by atoms with E-state index in [0.29, 0.717) is 24.0 Å². The third-order valence-corrected chi connectivity index (χ3v) is 4.87. The first-order chi connectivity index (χ1) is 9.11. The van der Waals surface area contributed by atoms with Gasteiger partial charge < -0.3 is 10.1 Å². The number of nitrogens with one attached hydrogen (secondary N) is 1. The van der Waals surface area contributed by atoms with Gasteiger partial charge in [0.2, 0.25) is 0 Å². The van der Waals surface area contributed by atoms with Crippen molar-refractivity contribution in [2.45, 2.75) is 45.3 Å². The minimum absolute atomic E-state index is 0.643. The maximum atomic E-state index is 5.70. The van der Waals surface area contributed by atoms with Gasteiger partial charge in [0.05, 0.1) is 6.61 Å². The van der Waals surface area contributed by atoms with Crippen molar-refractivity contribution < 1.29 is 4.74 Å². The summed E-state index contributed by atoms with van der Waals surface area (Å²) in [6.45, 7) is 13.3. The summed E-state index contributed by atoms with van der Waals surface area (Å²) in [7, 11) is 2.25. The van der Waals surface area contributed by atoms with Crippen molar-refractivity contribution in [3.63, 3.8) is 0 Å². The highest BCUT2D eigenvalue weighted by Gasteiger charge is 2.31. The van der Waals surface area contributed by atoms with Crippen molar-refractivity contribution in [3.8, 4) is 0 Å². The number of rotatable bonds is 4. The smallest absolute Gasteiger partial charge is 0.0521 e. The molecule has 2 heterocycles. The lowest BCUT2D eigenvalue weighted by atomic mass is 9.94. The number of hydrogen-bond donors (Lipinski definition) is 1. The predicted octanol–water partition coefficient (Wildman–Crippen LogP) is 1.03. The number of ether oxygens (including phenoxy) is 1. The molecule has 4 unspecified atom stereocenters. The molecule has 4 atom stereocenters. The molecule has 4 nitrogen and oxygen atoms in total. The van der Waals surface area contributed by atoms with Gasteiger partial charge in [0.25, 0.3) is 0 Å². The molecule has 1 N–H and O–H groups in total. The second-order valence-electron chi connectivity index (χ2n) is 6.37. The summed E-state index contributed by atoms with van der Waals surface area (Å²) in [6.07, 6.45) is 1.16. The number of piperazine rings is 1. The van der Waals surface area contributed by atoms with Crippen LogP contribution < -0.4 is 5.32 Å². The van der Waals surface area contributed by atoms with Crippen molar-refractivity contribution in [1.82, 2.24) is 15.1 Å². The Balaban J connectivity index is 1.88. The molecule has 0 radical (unpaired) electrons. The van der Waals surface area contributed by atoms with E-state index in [1.807, 2.05) is 0 Å². The Bertz CT molecular complexity index is 260. The average molecular weight is 269 g/mol. The van der Waals surface area contributed by atoms with E-state index in [-0.39, 0.29) is 0 Å². The molecule has 19 heavy (non-hydrogen) atoms. The van der Waals surface area contributed by atoms with Crippen LogP contribution in [0.5, 0.6) is 0 Å². The summed E-state index contributed by atoms with van der Waals surface area (Å²) in [6, 6.07) is 1.96. The summed E-state index contributed by atoms with van der Waals surface area (Å²) >= 11 is 0. The summed E-state index contributed by atoms with van der Waals surface area (Å²) in [5.74, 6) is 0.650. The lowest BCUT2D eigenvalue weighted by Crippen LogP contribution is -2.57. The monoisotopic (exact) mass is 269 g/mol. The van der Waals surface area contributed by atoms with Gasteiger partial charge in [-0.2, -0.15) is 0 Å². The van der Waals surface area contributed by atoms with E-state index in [1.54, 1.807) is 0 Å². The predicted molar refractivity (Wildman–Crippen MR) is 79.5 cm³/mol. The molecule has 2 rings (SSSR count). The average Bonchev–Trinajstić information content (AvgIpc) is 2.38. The molecule has 2 aliphatic heterocycles. The van der Waals surface area contributed by atoms with E-state index in [0.717, 1.165) is 26.2 Å².